The van der Waals surface area contributed by atoms with Crippen LogP contribution in [0.5, 0.6) is 0 Å². The molecule has 3 amide bonds. The molecule has 1 fully saturated rings. The normalized spacial score (nSPS) is 16.8. The van der Waals surface area contributed by atoms with Crippen LogP contribution < -0.4 is 11.3 Å². The summed E-state index contributed by atoms with van der Waals surface area (Å²) in [5.41, 5.74) is 1.92. The number of amides is 3. The lowest BCUT2D eigenvalue weighted by Gasteiger charge is -2.27. The number of carbonyl (C=O) groups excluding carboxylic acids is 3. The molecular weight excluding hydrogens is 252 g/mol. The highest BCUT2D eigenvalue weighted by Gasteiger charge is 2.31. The maximum Gasteiger partial charge on any atom is 0.287 e. The van der Waals surface area contributed by atoms with Crippen LogP contribution in [0.4, 0.5) is 0 Å². The number of aromatic nitrogens is 1. The molecule has 1 aliphatic heterocycles. The van der Waals surface area contributed by atoms with E-state index in [1.54, 1.807) is 0 Å². The number of nitrogen functional groups attached to an aromatic ring is 1. The number of imide groups is 1. The molecule has 0 saturated carbocycles. The highest BCUT2D eigenvalue weighted by Crippen LogP contribution is 2.20. The number of hydrazine groups is 1. The zero-order chi connectivity index (χ0) is 14.0. The molecule has 102 valence electrons. The molecule has 0 unspecified atom stereocenters. The third kappa shape index (κ3) is 2.79. The first-order chi connectivity index (χ1) is 9.01. The molecule has 2 heterocycles. The van der Waals surface area contributed by atoms with Crippen LogP contribution in [0.1, 0.15) is 36.0 Å². The van der Waals surface area contributed by atoms with Gasteiger partial charge in [-0.15, -0.1) is 0 Å². The Hall–Kier alpha value is -2.22. The second-order valence-corrected chi connectivity index (χ2v) is 4.54. The summed E-state index contributed by atoms with van der Waals surface area (Å²) in [6, 6.07) is 1.35. The van der Waals surface area contributed by atoms with Gasteiger partial charge in [-0.05, 0) is 5.92 Å². The number of hydrogen-bond acceptors (Lipinski definition) is 6. The van der Waals surface area contributed by atoms with Crippen molar-refractivity contribution in [1.82, 2.24) is 15.5 Å². The van der Waals surface area contributed by atoms with Crippen LogP contribution in [0.3, 0.4) is 0 Å². The van der Waals surface area contributed by atoms with Crippen LogP contribution in [-0.2, 0) is 16.1 Å². The van der Waals surface area contributed by atoms with Crippen LogP contribution in [-0.4, -0.2) is 27.8 Å². The van der Waals surface area contributed by atoms with Gasteiger partial charge in [0.2, 0.25) is 11.8 Å². The standard InChI is InChI=1S/C11H14N4O4/c1-6-2-9(16)15(10(17)3-6)5-7-4-8(14-19-7)11(18)13-12/h4,6H,2-3,5,12H2,1H3,(H,13,18). The minimum absolute atomic E-state index is 0.00257. The number of hydrogen-bond donors (Lipinski definition) is 2. The number of carbonyl (C=O) groups is 3. The van der Waals surface area contributed by atoms with E-state index < -0.39 is 5.91 Å². The highest BCUT2D eigenvalue weighted by atomic mass is 16.5. The van der Waals surface area contributed by atoms with Crippen molar-refractivity contribution in [3.63, 3.8) is 0 Å². The first-order valence-electron chi connectivity index (χ1n) is 5.81. The van der Waals surface area contributed by atoms with E-state index in [2.05, 4.69) is 5.16 Å². The number of likely N-dealkylation sites (tertiary alicyclic amines) is 1. The Balaban J connectivity index is 2.08. The van der Waals surface area contributed by atoms with Crippen molar-refractivity contribution in [3.8, 4) is 0 Å². The van der Waals surface area contributed by atoms with Gasteiger partial charge in [0.25, 0.3) is 5.91 Å². The van der Waals surface area contributed by atoms with Crippen LogP contribution in [0.15, 0.2) is 10.6 Å². The van der Waals surface area contributed by atoms with E-state index in [9.17, 15) is 14.4 Å². The van der Waals surface area contributed by atoms with Crippen molar-refractivity contribution < 1.29 is 18.9 Å². The maximum absolute atomic E-state index is 11.8. The zero-order valence-corrected chi connectivity index (χ0v) is 10.4. The van der Waals surface area contributed by atoms with Gasteiger partial charge in [0.05, 0.1) is 6.54 Å². The van der Waals surface area contributed by atoms with Crippen LogP contribution in [0.2, 0.25) is 0 Å². The van der Waals surface area contributed by atoms with Gasteiger partial charge in [-0.3, -0.25) is 24.7 Å². The molecule has 0 aliphatic carbocycles. The minimum Gasteiger partial charge on any atom is -0.359 e. The summed E-state index contributed by atoms with van der Waals surface area (Å²) >= 11 is 0. The van der Waals surface area contributed by atoms with E-state index in [4.69, 9.17) is 10.4 Å². The SMILES string of the molecule is CC1CC(=O)N(Cc2cc(C(=O)NN)no2)C(=O)C1. The molecule has 0 atom stereocenters. The molecule has 2 rings (SSSR count). The van der Waals surface area contributed by atoms with Gasteiger partial charge >= 0.3 is 0 Å². The lowest BCUT2D eigenvalue weighted by atomic mass is 9.98. The fourth-order valence-corrected chi connectivity index (χ4v) is 1.93. The van der Waals surface area contributed by atoms with Crippen molar-refractivity contribution in [3.05, 3.63) is 17.5 Å². The average Bonchev–Trinajstić information content (AvgIpc) is 2.81. The van der Waals surface area contributed by atoms with E-state index in [1.165, 1.54) is 6.07 Å². The predicted molar refractivity (Wildman–Crippen MR) is 62.1 cm³/mol. The average molecular weight is 266 g/mol. The Morgan fingerprint density at radius 3 is 2.74 bits per heavy atom. The molecule has 19 heavy (non-hydrogen) atoms. The van der Waals surface area contributed by atoms with Gasteiger partial charge in [0.1, 0.15) is 0 Å². The third-order valence-electron chi connectivity index (χ3n) is 2.88. The Bertz CT molecular complexity index is 507. The Labute approximate surface area is 108 Å². The van der Waals surface area contributed by atoms with Gasteiger partial charge in [0, 0.05) is 18.9 Å². The van der Waals surface area contributed by atoms with E-state index in [-0.39, 0.29) is 35.7 Å². The number of rotatable bonds is 3. The van der Waals surface area contributed by atoms with Gasteiger partial charge in [-0.1, -0.05) is 12.1 Å². The van der Waals surface area contributed by atoms with Crippen LogP contribution in [0.25, 0.3) is 0 Å². The van der Waals surface area contributed by atoms with Crippen LogP contribution in [0, 0.1) is 5.92 Å². The molecule has 0 radical (unpaired) electrons. The van der Waals surface area contributed by atoms with E-state index >= 15 is 0 Å². The molecular formula is C11H14N4O4. The van der Waals surface area contributed by atoms with Crippen molar-refractivity contribution in [2.45, 2.75) is 26.3 Å². The Morgan fingerprint density at radius 1 is 1.53 bits per heavy atom. The smallest absolute Gasteiger partial charge is 0.287 e. The lowest BCUT2D eigenvalue weighted by Crippen LogP contribution is -2.42. The molecule has 0 bridgehead atoms. The topological polar surface area (TPSA) is 119 Å². The van der Waals surface area contributed by atoms with Crippen molar-refractivity contribution in [2.75, 3.05) is 0 Å². The number of nitrogens with two attached hydrogens (primary N) is 1. The summed E-state index contributed by atoms with van der Waals surface area (Å²) in [6.07, 6.45) is 0.659. The molecule has 1 saturated heterocycles. The number of nitrogens with zero attached hydrogens (tertiary/aromatic N) is 2. The summed E-state index contributed by atoms with van der Waals surface area (Å²) in [5, 5.41) is 3.50. The first kappa shape index (κ1) is 13.2. The lowest BCUT2D eigenvalue weighted by molar-refractivity contribution is -0.150. The Kier molecular flexibility index (Phi) is 3.61. The monoisotopic (exact) mass is 266 g/mol. The van der Waals surface area contributed by atoms with Gasteiger partial charge in [-0.2, -0.15) is 0 Å². The first-order valence-corrected chi connectivity index (χ1v) is 5.81. The van der Waals surface area contributed by atoms with E-state index in [0.29, 0.717) is 12.8 Å². The fourth-order valence-electron chi connectivity index (χ4n) is 1.93. The van der Waals surface area contributed by atoms with Crippen molar-refractivity contribution in [2.24, 2.45) is 11.8 Å². The van der Waals surface area contributed by atoms with Crippen molar-refractivity contribution in [1.29, 1.82) is 0 Å². The van der Waals surface area contributed by atoms with E-state index in [1.807, 2.05) is 12.3 Å². The largest absolute Gasteiger partial charge is 0.359 e. The summed E-state index contributed by atoms with van der Waals surface area (Å²) in [4.78, 5) is 35.8. The highest BCUT2D eigenvalue weighted by molar-refractivity contribution is 5.97. The predicted octanol–water partition coefficient (Wildman–Crippen LogP) is -0.437. The Morgan fingerprint density at radius 2 is 2.16 bits per heavy atom. The molecule has 1 aromatic heterocycles. The van der Waals surface area contributed by atoms with Gasteiger partial charge < -0.3 is 4.52 Å². The summed E-state index contributed by atoms with van der Waals surface area (Å²) < 4.78 is 4.90. The summed E-state index contributed by atoms with van der Waals surface area (Å²) in [7, 11) is 0. The molecule has 0 aromatic carbocycles. The molecule has 8 nitrogen and oxygen atoms in total. The van der Waals surface area contributed by atoms with Gasteiger partial charge in [-0.25, -0.2) is 5.84 Å². The minimum atomic E-state index is -0.597. The van der Waals surface area contributed by atoms with Gasteiger partial charge in [0.15, 0.2) is 11.5 Å². The summed E-state index contributed by atoms with van der Waals surface area (Å²) in [6.45, 7) is 1.83. The quantitative estimate of drug-likeness (QED) is 0.331. The zero-order valence-electron chi connectivity index (χ0n) is 10.4. The molecule has 8 heteroatoms. The maximum atomic E-state index is 11.8. The number of piperidine rings is 1. The molecule has 1 aromatic rings. The van der Waals surface area contributed by atoms with Crippen LogP contribution >= 0.6 is 0 Å². The molecule has 1 aliphatic rings. The van der Waals surface area contributed by atoms with Crippen molar-refractivity contribution >= 4 is 17.7 Å². The summed E-state index contributed by atoms with van der Waals surface area (Å²) in [5.74, 6) is 4.19. The second kappa shape index (κ2) is 5.19. The third-order valence-corrected chi connectivity index (χ3v) is 2.88. The fraction of sp³-hybridized carbons (Fsp3) is 0.455. The second-order valence-electron chi connectivity index (χ2n) is 4.54. The molecule has 0 spiro atoms. The molecule has 3 N–H and O–H groups in total. The van der Waals surface area contributed by atoms with E-state index in [0.717, 1.165) is 4.90 Å². The number of nitrogens with one attached hydrogen (secondary N) is 1.